The second-order valence-electron chi connectivity index (χ2n) is 6.22. The van der Waals surface area contributed by atoms with Crippen LogP contribution in [0.5, 0.6) is 0 Å². The van der Waals surface area contributed by atoms with Gasteiger partial charge in [0.25, 0.3) is 0 Å². The average molecular weight is 244 g/mol. The van der Waals surface area contributed by atoms with Gasteiger partial charge in [-0.15, -0.1) is 0 Å². The van der Waals surface area contributed by atoms with E-state index in [1.54, 1.807) is 0 Å². The number of carbonyl (C=O) groups excluding carboxylic acids is 1. The summed E-state index contributed by atoms with van der Waals surface area (Å²) in [6.45, 7) is 12.3. The van der Waals surface area contributed by atoms with Crippen LogP contribution in [0.15, 0.2) is 0 Å². The Morgan fingerprint density at radius 1 is 1.29 bits per heavy atom. The second kappa shape index (κ2) is 6.39. The van der Waals surface area contributed by atoms with Crippen LogP contribution in [-0.2, 0) is 9.53 Å². The zero-order valence-corrected chi connectivity index (χ0v) is 12.2. The molecule has 0 amide bonds. The van der Waals surface area contributed by atoms with Crippen LogP contribution in [0.1, 0.15) is 54.4 Å². The van der Waals surface area contributed by atoms with Crippen LogP contribution in [0.3, 0.4) is 0 Å². The zero-order chi connectivity index (χ0) is 13.7. The summed E-state index contributed by atoms with van der Waals surface area (Å²) < 4.78 is 5.28. The van der Waals surface area contributed by atoms with Gasteiger partial charge in [-0.25, -0.2) is 0 Å². The van der Waals surface area contributed by atoms with Crippen LogP contribution in [0.25, 0.3) is 0 Å². The monoisotopic (exact) mass is 244 g/mol. The number of esters is 1. The molecule has 0 aliphatic rings. The van der Waals surface area contributed by atoms with Gasteiger partial charge in [0.05, 0.1) is 18.6 Å². The fourth-order valence-corrected chi connectivity index (χ4v) is 2.09. The van der Waals surface area contributed by atoms with Gasteiger partial charge in [0, 0.05) is 0 Å². The van der Waals surface area contributed by atoms with Gasteiger partial charge >= 0.3 is 5.97 Å². The quantitative estimate of drug-likeness (QED) is 0.731. The maximum atomic E-state index is 12.3. The van der Waals surface area contributed by atoms with Crippen molar-refractivity contribution < 1.29 is 14.6 Å². The summed E-state index contributed by atoms with van der Waals surface area (Å²) in [7, 11) is 0. The lowest BCUT2D eigenvalue weighted by molar-refractivity contribution is -0.169. The molecule has 0 saturated heterocycles. The highest BCUT2D eigenvalue weighted by Crippen LogP contribution is 2.44. The highest BCUT2D eigenvalue weighted by molar-refractivity contribution is 5.78. The van der Waals surface area contributed by atoms with E-state index in [4.69, 9.17) is 4.74 Å². The van der Waals surface area contributed by atoms with Crippen molar-refractivity contribution in [3.8, 4) is 0 Å². The van der Waals surface area contributed by atoms with E-state index < -0.39 is 5.41 Å². The number of carbonyl (C=O) groups is 1. The standard InChI is InChI=1S/C14H28O3/c1-7-8-17-12(16)14(10-15,9-11(2)3)13(4,5)6/h11,15H,7-10H2,1-6H3. The van der Waals surface area contributed by atoms with Crippen LogP contribution in [0.4, 0.5) is 0 Å². The fourth-order valence-electron chi connectivity index (χ4n) is 2.09. The number of aliphatic hydroxyl groups excluding tert-OH is 1. The van der Waals surface area contributed by atoms with E-state index in [0.717, 1.165) is 6.42 Å². The molecule has 3 nitrogen and oxygen atoms in total. The Kier molecular flexibility index (Phi) is 6.17. The van der Waals surface area contributed by atoms with Crippen LogP contribution in [0.2, 0.25) is 0 Å². The Morgan fingerprint density at radius 3 is 2.12 bits per heavy atom. The predicted molar refractivity (Wildman–Crippen MR) is 69.7 cm³/mol. The van der Waals surface area contributed by atoms with Gasteiger partial charge in [-0.05, 0) is 24.2 Å². The van der Waals surface area contributed by atoms with Crippen LogP contribution >= 0.6 is 0 Å². The maximum Gasteiger partial charge on any atom is 0.314 e. The molecule has 17 heavy (non-hydrogen) atoms. The first-order valence-corrected chi connectivity index (χ1v) is 6.49. The van der Waals surface area contributed by atoms with Gasteiger partial charge in [0.1, 0.15) is 0 Å². The first kappa shape index (κ1) is 16.4. The van der Waals surface area contributed by atoms with Crippen molar-refractivity contribution in [2.45, 2.75) is 54.4 Å². The smallest absolute Gasteiger partial charge is 0.314 e. The molecule has 0 aromatic rings. The minimum absolute atomic E-state index is 0.156. The van der Waals surface area contributed by atoms with E-state index in [0.29, 0.717) is 18.9 Å². The molecule has 0 radical (unpaired) electrons. The fraction of sp³-hybridized carbons (Fsp3) is 0.929. The molecular formula is C14H28O3. The lowest BCUT2D eigenvalue weighted by atomic mass is 9.63. The summed E-state index contributed by atoms with van der Waals surface area (Å²) in [6.07, 6.45) is 1.45. The Bertz CT molecular complexity index is 240. The number of rotatable bonds is 6. The Labute approximate surface area is 106 Å². The van der Waals surface area contributed by atoms with Crippen molar-refractivity contribution in [2.24, 2.45) is 16.7 Å². The van der Waals surface area contributed by atoms with Gasteiger partial charge in [0.2, 0.25) is 0 Å². The second-order valence-corrected chi connectivity index (χ2v) is 6.22. The van der Waals surface area contributed by atoms with E-state index in [-0.39, 0.29) is 18.0 Å². The van der Waals surface area contributed by atoms with Crippen LogP contribution in [-0.4, -0.2) is 24.3 Å². The molecule has 1 unspecified atom stereocenters. The molecule has 0 aliphatic carbocycles. The van der Waals surface area contributed by atoms with Crippen molar-refractivity contribution in [1.82, 2.24) is 0 Å². The van der Waals surface area contributed by atoms with Gasteiger partial charge in [0.15, 0.2) is 0 Å². The van der Waals surface area contributed by atoms with Crippen molar-refractivity contribution in [2.75, 3.05) is 13.2 Å². The molecule has 0 aromatic heterocycles. The summed E-state index contributed by atoms with van der Waals surface area (Å²) in [4.78, 5) is 12.3. The number of hydrogen-bond acceptors (Lipinski definition) is 3. The molecule has 0 bridgehead atoms. The molecule has 3 heteroatoms. The van der Waals surface area contributed by atoms with Gasteiger partial charge in [-0.2, -0.15) is 0 Å². The van der Waals surface area contributed by atoms with E-state index in [1.807, 2.05) is 27.7 Å². The highest BCUT2D eigenvalue weighted by Gasteiger charge is 2.49. The zero-order valence-electron chi connectivity index (χ0n) is 12.2. The maximum absolute atomic E-state index is 12.3. The van der Waals surface area contributed by atoms with Crippen molar-refractivity contribution >= 4 is 5.97 Å². The minimum atomic E-state index is -0.795. The number of ether oxygens (including phenoxy) is 1. The van der Waals surface area contributed by atoms with Crippen molar-refractivity contribution in [1.29, 1.82) is 0 Å². The van der Waals surface area contributed by atoms with E-state index >= 15 is 0 Å². The summed E-state index contributed by atoms with van der Waals surface area (Å²) in [6, 6.07) is 0. The lowest BCUT2D eigenvalue weighted by Gasteiger charge is -2.42. The lowest BCUT2D eigenvalue weighted by Crippen LogP contribution is -2.48. The van der Waals surface area contributed by atoms with E-state index in [1.165, 1.54) is 0 Å². The molecule has 0 heterocycles. The first-order valence-electron chi connectivity index (χ1n) is 6.49. The van der Waals surface area contributed by atoms with Gasteiger partial charge < -0.3 is 9.84 Å². The van der Waals surface area contributed by atoms with E-state index in [9.17, 15) is 9.90 Å². The molecule has 0 rings (SSSR count). The average Bonchev–Trinajstić information content (AvgIpc) is 2.20. The summed E-state index contributed by atoms with van der Waals surface area (Å²) >= 11 is 0. The Balaban J connectivity index is 5.12. The first-order chi connectivity index (χ1) is 7.71. The molecule has 0 aromatic carbocycles. The third kappa shape index (κ3) is 3.98. The molecule has 102 valence electrons. The summed E-state index contributed by atoms with van der Waals surface area (Å²) in [5, 5.41) is 9.73. The van der Waals surface area contributed by atoms with Gasteiger partial charge in [-0.3, -0.25) is 4.79 Å². The third-order valence-corrected chi connectivity index (χ3v) is 3.29. The third-order valence-electron chi connectivity index (χ3n) is 3.29. The topological polar surface area (TPSA) is 46.5 Å². The summed E-state index contributed by atoms with van der Waals surface area (Å²) in [5.41, 5.74) is -1.10. The Hall–Kier alpha value is -0.570. The molecule has 0 saturated carbocycles. The van der Waals surface area contributed by atoms with Crippen LogP contribution in [0, 0.1) is 16.7 Å². The van der Waals surface area contributed by atoms with Crippen molar-refractivity contribution in [3.05, 3.63) is 0 Å². The predicted octanol–water partition coefficient (Wildman–Crippen LogP) is 3.01. The molecule has 1 N–H and O–H groups in total. The van der Waals surface area contributed by atoms with Crippen molar-refractivity contribution in [3.63, 3.8) is 0 Å². The highest BCUT2D eigenvalue weighted by atomic mass is 16.5. The molecular weight excluding hydrogens is 216 g/mol. The minimum Gasteiger partial charge on any atom is -0.465 e. The largest absolute Gasteiger partial charge is 0.465 e. The SMILES string of the molecule is CCCOC(=O)C(CO)(CC(C)C)C(C)(C)C. The van der Waals surface area contributed by atoms with Gasteiger partial charge in [-0.1, -0.05) is 41.5 Å². The molecule has 0 spiro atoms. The molecule has 0 fully saturated rings. The van der Waals surface area contributed by atoms with Crippen LogP contribution < -0.4 is 0 Å². The number of aliphatic hydroxyl groups is 1. The van der Waals surface area contributed by atoms with E-state index in [2.05, 4.69) is 13.8 Å². The molecule has 0 aliphatic heterocycles. The number of hydrogen-bond donors (Lipinski definition) is 1. The summed E-state index contributed by atoms with van der Waals surface area (Å²) in [5.74, 6) is 0.0820. The normalized spacial score (nSPS) is 15.8. The Morgan fingerprint density at radius 2 is 1.82 bits per heavy atom. The molecule has 1 atom stereocenters.